The van der Waals surface area contributed by atoms with Gasteiger partial charge in [0.15, 0.2) is 0 Å². The number of carbonyl (C=O) groups is 3. The predicted molar refractivity (Wildman–Crippen MR) is 105 cm³/mol. The quantitative estimate of drug-likeness (QED) is 0.583. The molecule has 8 heteroatoms. The summed E-state index contributed by atoms with van der Waals surface area (Å²) in [6.07, 6.45) is -0.201. The Hall–Kier alpha value is -3.39. The fourth-order valence-electron chi connectivity index (χ4n) is 3.14. The summed E-state index contributed by atoms with van der Waals surface area (Å²) in [5, 5.41) is 14.8. The van der Waals surface area contributed by atoms with Gasteiger partial charge in [-0.25, -0.2) is 4.79 Å². The molecule has 0 saturated carbocycles. The lowest BCUT2D eigenvalue weighted by molar-refractivity contribution is -0.131. The summed E-state index contributed by atoms with van der Waals surface area (Å²) in [5.74, 6) is -0.212. The number of urea groups is 1. The van der Waals surface area contributed by atoms with Crippen LogP contribution in [0.3, 0.4) is 0 Å². The first-order valence-corrected chi connectivity index (χ1v) is 9.21. The summed E-state index contributed by atoms with van der Waals surface area (Å²) in [7, 11) is 1.56. The van der Waals surface area contributed by atoms with Gasteiger partial charge in [0.25, 0.3) is 5.91 Å². The molecule has 1 saturated heterocycles. The van der Waals surface area contributed by atoms with Gasteiger partial charge < -0.3 is 20.5 Å². The Morgan fingerprint density at radius 1 is 1.17 bits per heavy atom. The zero-order valence-electron chi connectivity index (χ0n) is 16.0. The van der Waals surface area contributed by atoms with Crippen molar-refractivity contribution in [1.82, 2.24) is 15.5 Å². The van der Waals surface area contributed by atoms with E-state index < -0.39 is 29.9 Å². The van der Waals surface area contributed by atoms with Gasteiger partial charge in [0.1, 0.15) is 11.8 Å². The van der Waals surface area contributed by atoms with Gasteiger partial charge in [-0.05, 0) is 23.3 Å². The number of nitrogens with one attached hydrogen (secondary N) is 2. The van der Waals surface area contributed by atoms with Crippen LogP contribution in [-0.2, 0) is 16.1 Å². The average molecular weight is 397 g/mol. The second kappa shape index (κ2) is 9.20. The van der Waals surface area contributed by atoms with E-state index in [9.17, 15) is 19.5 Å². The highest BCUT2D eigenvalue weighted by Gasteiger charge is 2.39. The molecule has 29 heavy (non-hydrogen) atoms. The molecule has 0 unspecified atom stereocenters. The first-order valence-electron chi connectivity index (χ1n) is 9.21. The molecular formula is C21H23N3O5. The van der Waals surface area contributed by atoms with Gasteiger partial charge in [0, 0.05) is 0 Å². The number of rotatable bonds is 8. The van der Waals surface area contributed by atoms with Crippen LogP contribution in [0.4, 0.5) is 4.79 Å². The maximum absolute atomic E-state index is 12.6. The molecule has 0 bridgehead atoms. The Morgan fingerprint density at radius 2 is 1.86 bits per heavy atom. The van der Waals surface area contributed by atoms with Crippen LogP contribution in [0.15, 0.2) is 54.6 Å². The molecular weight excluding hydrogens is 374 g/mol. The number of hydrogen-bond donors (Lipinski definition) is 3. The summed E-state index contributed by atoms with van der Waals surface area (Å²) in [6, 6.07) is 14.0. The Balaban J connectivity index is 1.59. The first kappa shape index (κ1) is 20.3. The molecule has 0 radical (unpaired) electrons. The van der Waals surface area contributed by atoms with Gasteiger partial charge in [-0.15, -0.1) is 0 Å². The van der Waals surface area contributed by atoms with E-state index in [0.717, 1.165) is 16.0 Å². The number of nitrogens with zero attached hydrogens (tertiary/aromatic N) is 1. The lowest BCUT2D eigenvalue weighted by Gasteiger charge is -2.18. The maximum atomic E-state index is 12.6. The van der Waals surface area contributed by atoms with Crippen LogP contribution in [0.1, 0.15) is 23.6 Å². The zero-order valence-corrected chi connectivity index (χ0v) is 16.0. The molecule has 4 amide bonds. The first-order chi connectivity index (χ1) is 14.0. The minimum Gasteiger partial charge on any atom is -0.497 e. The van der Waals surface area contributed by atoms with Crippen molar-refractivity contribution >= 4 is 17.8 Å². The monoisotopic (exact) mass is 397 g/mol. The van der Waals surface area contributed by atoms with E-state index in [0.29, 0.717) is 5.75 Å². The van der Waals surface area contributed by atoms with E-state index in [-0.39, 0.29) is 19.6 Å². The lowest BCUT2D eigenvalue weighted by atomic mass is 10.1. The molecule has 3 rings (SSSR count). The van der Waals surface area contributed by atoms with Crippen molar-refractivity contribution in [2.45, 2.75) is 25.0 Å². The summed E-state index contributed by atoms with van der Waals surface area (Å²) < 4.78 is 5.09. The maximum Gasteiger partial charge on any atom is 0.325 e. The van der Waals surface area contributed by atoms with E-state index in [4.69, 9.17) is 4.74 Å². The largest absolute Gasteiger partial charge is 0.497 e. The zero-order chi connectivity index (χ0) is 20.8. The van der Waals surface area contributed by atoms with Gasteiger partial charge >= 0.3 is 6.03 Å². The van der Waals surface area contributed by atoms with Gasteiger partial charge in [-0.2, -0.15) is 0 Å². The average Bonchev–Trinajstić information content (AvgIpc) is 3.00. The van der Waals surface area contributed by atoms with Crippen molar-refractivity contribution < 1.29 is 24.2 Å². The number of hydrogen-bond acceptors (Lipinski definition) is 5. The molecule has 1 aliphatic rings. The van der Waals surface area contributed by atoms with E-state index >= 15 is 0 Å². The highest BCUT2D eigenvalue weighted by atomic mass is 16.5. The van der Waals surface area contributed by atoms with Crippen molar-refractivity contribution in [3.05, 3.63) is 65.7 Å². The van der Waals surface area contributed by atoms with Crippen LogP contribution in [0, 0.1) is 0 Å². The second-order valence-electron chi connectivity index (χ2n) is 6.69. The van der Waals surface area contributed by atoms with Crippen LogP contribution in [0.25, 0.3) is 0 Å². The van der Waals surface area contributed by atoms with Crippen molar-refractivity contribution in [2.24, 2.45) is 0 Å². The third-order valence-electron chi connectivity index (χ3n) is 4.72. The summed E-state index contributed by atoms with van der Waals surface area (Å²) in [4.78, 5) is 38.2. The summed E-state index contributed by atoms with van der Waals surface area (Å²) in [6.45, 7) is -0.166. The van der Waals surface area contributed by atoms with Gasteiger partial charge in [-0.3, -0.25) is 14.5 Å². The fraction of sp³-hybridized carbons (Fsp3) is 0.286. The lowest BCUT2D eigenvalue weighted by Crippen LogP contribution is -2.38. The van der Waals surface area contributed by atoms with E-state index in [2.05, 4.69) is 10.6 Å². The molecule has 0 aromatic heterocycles. The third kappa shape index (κ3) is 4.91. The topological polar surface area (TPSA) is 108 Å². The fourth-order valence-corrected chi connectivity index (χ4v) is 3.14. The molecule has 1 aliphatic heterocycles. The number of aliphatic hydroxyl groups excluding tert-OH is 1. The molecule has 2 aromatic rings. The Labute approximate surface area is 168 Å². The Bertz CT molecular complexity index is 870. The number of aliphatic hydroxyl groups is 1. The van der Waals surface area contributed by atoms with E-state index in [1.54, 1.807) is 43.5 Å². The standard InChI is InChI=1S/C21H23N3O5/c1-29-16-9-7-14(8-10-16)12-24-20(27)17(23-21(24)28)11-19(26)22-18(13-25)15-5-3-2-4-6-15/h2-10,17-18,25H,11-13H2,1H3,(H,22,26)(H,23,28)/t17-,18-/m1/s1. The molecule has 152 valence electrons. The number of carbonyl (C=O) groups excluding carboxylic acids is 3. The molecule has 1 fully saturated rings. The van der Waals surface area contributed by atoms with Crippen molar-refractivity contribution in [3.63, 3.8) is 0 Å². The number of methoxy groups -OCH3 is 1. The summed E-state index contributed by atoms with van der Waals surface area (Å²) >= 11 is 0. The van der Waals surface area contributed by atoms with Crippen LogP contribution < -0.4 is 15.4 Å². The molecule has 2 atom stereocenters. The predicted octanol–water partition coefficient (Wildman–Crippen LogP) is 1.36. The number of benzene rings is 2. The minimum atomic E-state index is -0.934. The van der Waals surface area contributed by atoms with Crippen molar-refractivity contribution in [3.8, 4) is 5.75 Å². The number of amides is 4. The Morgan fingerprint density at radius 3 is 2.48 bits per heavy atom. The highest BCUT2D eigenvalue weighted by molar-refractivity contribution is 6.05. The van der Waals surface area contributed by atoms with E-state index in [1.165, 1.54) is 0 Å². The number of ether oxygens (including phenoxy) is 1. The minimum absolute atomic E-state index is 0.107. The van der Waals surface area contributed by atoms with Gasteiger partial charge in [-0.1, -0.05) is 42.5 Å². The van der Waals surface area contributed by atoms with Crippen molar-refractivity contribution in [2.75, 3.05) is 13.7 Å². The van der Waals surface area contributed by atoms with Crippen LogP contribution in [0.2, 0.25) is 0 Å². The normalized spacial score (nSPS) is 17.0. The molecule has 1 heterocycles. The Kier molecular flexibility index (Phi) is 6.46. The smallest absolute Gasteiger partial charge is 0.325 e. The van der Waals surface area contributed by atoms with E-state index in [1.807, 2.05) is 18.2 Å². The molecule has 8 nitrogen and oxygen atoms in total. The van der Waals surface area contributed by atoms with Crippen LogP contribution in [-0.4, -0.2) is 47.6 Å². The molecule has 0 spiro atoms. The van der Waals surface area contributed by atoms with Crippen LogP contribution >= 0.6 is 0 Å². The van der Waals surface area contributed by atoms with Gasteiger partial charge in [0.2, 0.25) is 5.91 Å². The third-order valence-corrected chi connectivity index (χ3v) is 4.72. The summed E-state index contributed by atoms with van der Waals surface area (Å²) in [5.41, 5.74) is 1.52. The second-order valence-corrected chi connectivity index (χ2v) is 6.69. The SMILES string of the molecule is COc1ccc(CN2C(=O)N[C@H](CC(=O)N[C@H](CO)c3ccccc3)C2=O)cc1. The molecule has 3 N–H and O–H groups in total. The molecule has 2 aromatic carbocycles. The van der Waals surface area contributed by atoms with Gasteiger partial charge in [0.05, 0.1) is 32.7 Å². The number of imide groups is 1. The van der Waals surface area contributed by atoms with Crippen LogP contribution in [0.5, 0.6) is 5.75 Å². The molecule has 0 aliphatic carbocycles. The van der Waals surface area contributed by atoms with Crippen molar-refractivity contribution in [1.29, 1.82) is 0 Å². The highest BCUT2D eigenvalue weighted by Crippen LogP contribution is 2.18.